The van der Waals surface area contributed by atoms with E-state index in [0.29, 0.717) is 12.0 Å². The number of hydrogen-bond acceptors (Lipinski definition) is 6. The van der Waals surface area contributed by atoms with E-state index in [1.54, 1.807) is 0 Å². The smallest absolute Gasteiger partial charge is 0.198 e. The molecule has 1 aliphatic carbocycles. The number of rotatable bonds is 3. The van der Waals surface area contributed by atoms with Gasteiger partial charge in [0, 0.05) is 23.1 Å². The summed E-state index contributed by atoms with van der Waals surface area (Å²) in [5.74, 6) is -2.35. The molecule has 1 aliphatic rings. The average molecular weight is 342 g/mol. The Kier molecular flexibility index (Phi) is 4.22. The van der Waals surface area contributed by atoms with E-state index in [1.165, 1.54) is 24.3 Å². The molecule has 130 valence electrons. The van der Waals surface area contributed by atoms with Gasteiger partial charge in [-0.3, -0.25) is 9.59 Å². The summed E-state index contributed by atoms with van der Waals surface area (Å²) in [4.78, 5) is 25.5. The predicted molar refractivity (Wildman–Crippen MR) is 89.0 cm³/mol. The third-order valence-electron chi connectivity index (χ3n) is 4.52. The van der Waals surface area contributed by atoms with Gasteiger partial charge in [0.1, 0.15) is 5.75 Å². The Morgan fingerprint density at radius 2 is 1.88 bits per heavy atom. The van der Waals surface area contributed by atoms with Crippen LogP contribution in [0, 0.1) is 5.92 Å². The molecule has 0 bridgehead atoms. The average Bonchev–Trinajstić information content (AvgIpc) is 2.55. The molecule has 6 nitrogen and oxygen atoms in total. The Bertz CT molecular complexity index is 884. The molecule has 1 atom stereocenters. The highest BCUT2D eigenvalue weighted by Gasteiger charge is 2.32. The van der Waals surface area contributed by atoms with Crippen molar-refractivity contribution in [1.82, 2.24) is 0 Å². The van der Waals surface area contributed by atoms with E-state index in [0.717, 1.165) is 0 Å². The highest BCUT2D eigenvalue weighted by molar-refractivity contribution is 6.19. The van der Waals surface area contributed by atoms with Gasteiger partial charge in [-0.15, -0.1) is 0 Å². The van der Waals surface area contributed by atoms with Crippen LogP contribution in [-0.4, -0.2) is 32.0 Å². The molecule has 0 heterocycles. The first-order chi connectivity index (χ1) is 11.8. The standard InChI is InChI=1S/C19H18O6/c1-9-5-10-7-15(23)19(25)17(16(10)14(22)6-9)18(24)11-3-2-4-13(21)12(11)8-20/h2-4,7,9,20-21,23,25H,5-6,8H2,1H3. The minimum atomic E-state index is -0.729. The van der Waals surface area contributed by atoms with Crippen molar-refractivity contribution in [3.63, 3.8) is 0 Å². The lowest BCUT2D eigenvalue weighted by atomic mass is 9.79. The van der Waals surface area contributed by atoms with Crippen LogP contribution in [0.25, 0.3) is 0 Å². The summed E-state index contributed by atoms with van der Waals surface area (Å²) in [6.45, 7) is 1.31. The van der Waals surface area contributed by atoms with Crippen LogP contribution in [0.15, 0.2) is 24.3 Å². The predicted octanol–water partition coefficient (Wildman–Crippen LogP) is 2.29. The Balaban J connectivity index is 2.26. The number of phenols is 3. The number of aromatic hydroxyl groups is 3. The molecular weight excluding hydrogens is 324 g/mol. The van der Waals surface area contributed by atoms with Crippen LogP contribution in [0.2, 0.25) is 0 Å². The summed E-state index contributed by atoms with van der Waals surface area (Å²) in [6.07, 6.45) is 0.743. The van der Waals surface area contributed by atoms with Gasteiger partial charge in [0.25, 0.3) is 0 Å². The maximum atomic E-state index is 13.0. The first kappa shape index (κ1) is 17.0. The van der Waals surface area contributed by atoms with Crippen LogP contribution < -0.4 is 0 Å². The van der Waals surface area contributed by atoms with E-state index >= 15 is 0 Å². The van der Waals surface area contributed by atoms with E-state index in [-0.39, 0.29) is 46.1 Å². The molecule has 0 fully saturated rings. The zero-order valence-electron chi connectivity index (χ0n) is 13.6. The highest BCUT2D eigenvalue weighted by Crippen LogP contribution is 2.40. The molecule has 1 unspecified atom stereocenters. The second-order valence-electron chi connectivity index (χ2n) is 6.38. The first-order valence-corrected chi connectivity index (χ1v) is 7.92. The molecule has 0 aliphatic heterocycles. The van der Waals surface area contributed by atoms with Crippen molar-refractivity contribution in [3.05, 3.63) is 52.1 Å². The minimum Gasteiger partial charge on any atom is -0.508 e. The lowest BCUT2D eigenvalue weighted by molar-refractivity contribution is 0.0938. The number of Topliss-reactive ketones (excluding diaryl/α,β-unsaturated/α-hetero) is 1. The fraction of sp³-hybridized carbons (Fsp3) is 0.263. The van der Waals surface area contributed by atoms with E-state index in [2.05, 4.69) is 0 Å². The van der Waals surface area contributed by atoms with Crippen LogP contribution in [0.4, 0.5) is 0 Å². The zero-order valence-corrected chi connectivity index (χ0v) is 13.6. The number of ketones is 2. The molecule has 2 aromatic rings. The van der Waals surface area contributed by atoms with Crippen molar-refractivity contribution in [1.29, 1.82) is 0 Å². The number of carbonyl (C=O) groups excluding carboxylic acids is 2. The van der Waals surface area contributed by atoms with Gasteiger partial charge in [-0.2, -0.15) is 0 Å². The summed E-state index contributed by atoms with van der Waals surface area (Å²) in [5.41, 5.74) is 0.295. The lowest BCUT2D eigenvalue weighted by Crippen LogP contribution is -2.22. The molecule has 2 aromatic carbocycles. The van der Waals surface area contributed by atoms with Gasteiger partial charge in [-0.05, 0) is 30.0 Å². The minimum absolute atomic E-state index is 0.000573. The van der Waals surface area contributed by atoms with Crippen LogP contribution in [-0.2, 0) is 13.0 Å². The van der Waals surface area contributed by atoms with Crippen molar-refractivity contribution in [2.45, 2.75) is 26.4 Å². The van der Waals surface area contributed by atoms with E-state index in [9.17, 15) is 30.0 Å². The molecule has 0 amide bonds. The number of phenolic OH excluding ortho intramolecular Hbond substituents is 2. The normalized spacial score (nSPS) is 16.6. The van der Waals surface area contributed by atoms with Crippen molar-refractivity contribution < 1.29 is 30.0 Å². The molecule has 3 rings (SSSR count). The topological polar surface area (TPSA) is 115 Å². The Morgan fingerprint density at radius 3 is 2.56 bits per heavy atom. The molecular formula is C19H18O6. The third-order valence-corrected chi connectivity index (χ3v) is 4.52. The summed E-state index contributed by atoms with van der Waals surface area (Å²) in [5, 5.41) is 39.5. The second kappa shape index (κ2) is 6.22. The fourth-order valence-corrected chi connectivity index (χ4v) is 3.37. The quantitative estimate of drug-likeness (QED) is 0.502. The molecule has 25 heavy (non-hydrogen) atoms. The van der Waals surface area contributed by atoms with Crippen LogP contribution >= 0.6 is 0 Å². The van der Waals surface area contributed by atoms with Gasteiger partial charge in [0.2, 0.25) is 0 Å². The number of benzene rings is 2. The number of fused-ring (bicyclic) bond motifs is 1. The zero-order chi connectivity index (χ0) is 18.3. The van der Waals surface area contributed by atoms with Gasteiger partial charge >= 0.3 is 0 Å². The van der Waals surface area contributed by atoms with Crippen molar-refractivity contribution in [2.24, 2.45) is 5.92 Å². The molecule has 4 N–H and O–H groups in total. The van der Waals surface area contributed by atoms with Crippen LogP contribution in [0.5, 0.6) is 17.2 Å². The van der Waals surface area contributed by atoms with E-state index in [4.69, 9.17) is 0 Å². The summed E-state index contributed by atoms with van der Waals surface area (Å²) in [6, 6.07) is 5.45. The van der Waals surface area contributed by atoms with E-state index in [1.807, 2.05) is 6.92 Å². The van der Waals surface area contributed by atoms with Gasteiger partial charge in [0.15, 0.2) is 23.1 Å². The van der Waals surface area contributed by atoms with Gasteiger partial charge in [0.05, 0.1) is 12.2 Å². The van der Waals surface area contributed by atoms with Gasteiger partial charge < -0.3 is 20.4 Å². The van der Waals surface area contributed by atoms with Crippen molar-refractivity contribution >= 4 is 11.6 Å². The Hall–Kier alpha value is -2.86. The molecule has 0 saturated heterocycles. The number of hydrogen-bond donors (Lipinski definition) is 4. The Labute approximate surface area is 144 Å². The van der Waals surface area contributed by atoms with Gasteiger partial charge in [-0.1, -0.05) is 19.1 Å². The largest absolute Gasteiger partial charge is 0.508 e. The summed E-state index contributed by atoms with van der Waals surface area (Å²) >= 11 is 0. The summed E-state index contributed by atoms with van der Waals surface area (Å²) in [7, 11) is 0. The maximum Gasteiger partial charge on any atom is 0.198 e. The summed E-state index contributed by atoms with van der Waals surface area (Å²) < 4.78 is 0. The second-order valence-corrected chi connectivity index (χ2v) is 6.38. The van der Waals surface area contributed by atoms with Crippen molar-refractivity contribution in [2.75, 3.05) is 0 Å². The monoisotopic (exact) mass is 342 g/mol. The molecule has 0 saturated carbocycles. The SMILES string of the molecule is CC1CC(=O)c2c(cc(O)c(O)c2C(=O)c2cccc(O)c2CO)C1. The number of aliphatic hydroxyl groups excluding tert-OH is 1. The molecule has 0 aromatic heterocycles. The Morgan fingerprint density at radius 1 is 1.16 bits per heavy atom. The lowest BCUT2D eigenvalue weighted by Gasteiger charge is -2.24. The van der Waals surface area contributed by atoms with Gasteiger partial charge in [-0.25, -0.2) is 0 Å². The van der Waals surface area contributed by atoms with Crippen LogP contribution in [0.1, 0.15) is 50.8 Å². The fourth-order valence-electron chi connectivity index (χ4n) is 3.37. The number of carbonyl (C=O) groups is 2. The maximum absolute atomic E-state index is 13.0. The molecule has 0 radical (unpaired) electrons. The first-order valence-electron chi connectivity index (χ1n) is 7.92. The van der Waals surface area contributed by atoms with Crippen molar-refractivity contribution in [3.8, 4) is 17.2 Å². The highest BCUT2D eigenvalue weighted by atomic mass is 16.3. The number of aliphatic hydroxyl groups is 1. The molecule has 0 spiro atoms. The third kappa shape index (κ3) is 2.74. The van der Waals surface area contributed by atoms with Crippen LogP contribution in [0.3, 0.4) is 0 Å². The van der Waals surface area contributed by atoms with E-state index < -0.39 is 23.9 Å². The molecule has 6 heteroatoms.